The molecule has 0 spiro atoms. The molecular weight excluding hydrogens is 254 g/mol. The highest BCUT2D eigenvalue weighted by molar-refractivity contribution is 5.88. The number of aromatic amines is 1. The molecule has 2 aromatic heterocycles. The summed E-state index contributed by atoms with van der Waals surface area (Å²) in [4.78, 5) is 8.45. The largest absolute Gasteiger partial charge is 0.496 e. The standard InChI is InChI=1S/C14H13N5O/c1-20-10-6-3-2-5-9(10)11-12(18-19-13(11)15)14-16-7-4-8-17-14/h2-8H,1H3,(H3,15,18,19). The van der Waals surface area contributed by atoms with Gasteiger partial charge in [-0.2, -0.15) is 5.10 Å². The smallest absolute Gasteiger partial charge is 0.178 e. The van der Waals surface area contributed by atoms with E-state index in [2.05, 4.69) is 20.2 Å². The van der Waals surface area contributed by atoms with Crippen molar-refractivity contribution in [3.05, 3.63) is 42.7 Å². The number of hydrogen-bond donors (Lipinski definition) is 2. The molecule has 0 bridgehead atoms. The summed E-state index contributed by atoms with van der Waals surface area (Å²) in [5.41, 5.74) is 8.25. The van der Waals surface area contributed by atoms with Gasteiger partial charge in [0, 0.05) is 18.0 Å². The van der Waals surface area contributed by atoms with Gasteiger partial charge in [0.05, 0.1) is 12.7 Å². The minimum absolute atomic E-state index is 0.386. The highest BCUT2D eigenvalue weighted by Crippen LogP contribution is 2.38. The zero-order valence-electron chi connectivity index (χ0n) is 10.9. The van der Waals surface area contributed by atoms with Gasteiger partial charge in [-0.15, -0.1) is 0 Å². The lowest BCUT2D eigenvalue weighted by Gasteiger charge is -2.08. The average Bonchev–Trinajstić information content (AvgIpc) is 2.89. The summed E-state index contributed by atoms with van der Waals surface area (Å²) in [6, 6.07) is 9.37. The Hall–Kier alpha value is -2.89. The maximum atomic E-state index is 5.98. The second-order valence-corrected chi connectivity index (χ2v) is 4.13. The molecule has 0 aliphatic heterocycles. The van der Waals surface area contributed by atoms with Crippen molar-refractivity contribution in [2.45, 2.75) is 0 Å². The fourth-order valence-electron chi connectivity index (χ4n) is 2.07. The number of H-pyrrole nitrogens is 1. The number of hydrogen-bond acceptors (Lipinski definition) is 5. The second-order valence-electron chi connectivity index (χ2n) is 4.13. The van der Waals surface area contributed by atoms with Gasteiger partial charge in [0.2, 0.25) is 0 Å². The van der Waals surface area contributed by atoms with E-state index >= 15 is 0 Å². The Bertz CT molecular complexity index is 723. The van der Waals surface area contributed by atoms with Crippen molar-refractivity contribution >= 4 is 5.82 Å². The summed E-state index contributed by atoms with van der Waals surface area (Å²) in [6.07, 6.45) is 3.34. The lowest BCUT2D eigenvalue weighted by Crippen LogP contribution is -1.94. The maximum Gasteiger partial charge on any atom is 0.178 e. The summed E-state index contributed by atoms with van der Waals surface area (Å²) in [5.74, 6) is 1.65. The van der Waals surface area contributed by atoms with Gasteiger partial charge in [0.25, 0.3) is 0 Å². The first-order chi connectivity index (χ1) is 9.81. The summed E-state index contributed by atoms with van der Waals surface area (Å²) in [5, 5.41) is 6.95. The minimum atomic E-state index is 0.386. The molecule has 3 aromatic rings. The summed E-state index contributed by atoms with van der Waals surface area (Å²) in [6.45, 7) is 0. The molecule has 0 saturated heterocycles. The molecular formula is C14H13N5O. The van der Waals surface area contributed by atoms with Crippen molar-refractivity contribution in [1.82, 2.24) is 20.2 Å². The molecule has 3 rings (SSSR count). The van der Waals surface area contributed by atoms with Gasteiger partial charge in [0.1, 0.15) is 11.4 Å². The number of aromatic nitrogens is 4. The minimum Gasteiger partial charge on any atom is -0.496 e. The van der Waals surface area contributed by atoms with E-state index in [0.29, 0.717) is 17.3 Å². The van der Waals surface area contributed by atoms with Gasteiger partial charge < -0.3 is 10.5 Å². The van der Waals surface area contributed by atoms with E-state index in [1.54, 1.807) is 25.6 Å². The van der Waals surface area contributed by atoms with Gasteiger partial charge in [-0.25, -0.2) is 9.97 Å². The Morgan fingerprint density at radius 3 is 2.60 bits per heavy atom. The van der Waals surface area contributed by atoms with Gasteiger partial charge >= 0.3 is 0 Å². The first kappa shape index (κ1) is 12.2. The van der Waals surface area contributed by atoms with Crippen LogP contribution in [0.3, 0.4) is 0 Å². The highest BCUT2D eigenvalue weighted by Gasteiger charge is 2.19. The normalized spacial score (nSPS) is 10.4. The molecule has 20 heavy (non-hydrogen) atoms. The lowest BCUT2D eigenvalue weighted by atomic mass is 10.0. The molecule has 0 atom stereocenters. The Balaban J connectivity index is 2.22. The average molecular weight is 267 g/mol. The predicted molar refractivity (Wildman–Crippen MR) is 76.0 cm³/mol. The van der Waals surface area contributed by atoms with E-state index in [-0.39, 0.29) is 0 Å². The molecule has 0 aliphatic carbocycles. The monoisotopic (exact) mass is 267 g/mol. The number of nitrogens with two attached hydrogens (primary N) is 1. The van der Waals surface area contributed by atoms with Crippen molar-refractivity contribution < 1.29 is 4.74 Å². The molecule has 2 heterocycles. The summed E-state index contributed by atoms with van der Waals surface area (Å²) >= 11 is 0. The summed E-state index contributed by atoms with van der Waals surface area (Å²) < 4.78 is 5.38. The van der Waals surface area contributed by atoms with Crippen molar-refractivity contribution in [1.29, 1.82) is 0 Å². The lowest BCUT2D eigenvalue weighted by molar-refractivity contribution is 0.416. The molecule has 3 N–H and O–H groups in total. The fourth-order valence-corrected chi connectivity index (χ4v) is 2.07. The fraction of sp³-hybridized carbons (Fsp3) is 0.0714. The number of anilines is 1. The molecule has 100 valence electrons. The van der Waals surface area contributed by atoms with Crippen molar-refractivity contribution in [2.24, 2.45) is 0 Å². The SMILES string of the molecule is COc1ccccc1-c1c(N)n[nH]c1-c1ncccn1. The van der Waals surface area contributed by atoms with E-state index in [1.807, 2.05) is 24.3 Å². The van der Waals surface area contributed by atoms with Crippen LogP contribution in [0.15, 0.2) is 42.7 Å². The Kier molecular flexibility index (Phi) is 3.04. The molecule has 0 amide bonds. The van der Waals surface area contributed by atoms with Gasteiger partial charge in [-0.1, -0.05) is 18.2 Å². The predicted octanol–water partition coefficient (Wildman–Crippen LogP) is 2.12. The molecule has 0 saturated carbocycles. The number of nitrogens with one attached hydrogen (secondary N) is 1. The van der Waals surface area contributed by atoms with Crippen LogP contribution in [-0.4, -0.2) is 27.3 Å². The van der Waals surface area contributed by atoms with Gasteiger partial charge in [-0.05, 0) is 12.1 Å². The molecule has 0 radical (unpaired) electrons. The van der Waals surface area contributed by atoms with Crippen molar-refractivity contribution in [2.75, 3.05) is 12.8 Å². The van der Waals surface area contributed by atoms with Crippen LogP contribution in [-0.2, 0) is 0 Å². The van der Waals surface area contributed by atoms with Gasteiger partial charge in [-0.3, -0.25) is 5.10 Å². The van der Waals surface area contributed by atoms with Crippen LogP contribution >= 0.6 is 0 Å². The van der Waals surface area contributed by atoms with Crippen molar-refractivity contribution in [3.63, 3.8) is 0 Å². The molecule has 6 nitrogen and oxygen atoms in total. The first-order valence-electron chi connectivity index (χ1n) is 6.06. The highest BCUT2D eigenvalue weighted by atomic mass is 16.5. The topological polar surface area (TPSA) is 89.7 Å². The van der Waals surface area contributed by atoms with E-state index in [0.717, 1.165) is 16.9 Å². The zero-order chi connectivity index (χ0) is 13.9. The number of rotatable bonds is 3. The molecule has 0 aliphatic rings. The van der Waals surface area contributed by atoms with Crippen LogP contribution in [0, 0.1) is 0 Å². The van der Waals surface area contributed by atoms with Crippen LogP contribution < -0.4 is 10.5 Å². The number of para-hydroxylation sites is 1. The molecule has 6 heteroatoms. The van der Waals surface area contributed by atoms with Crippen LogP contribution in [0.4, 0.5) is 5.82 Å². The van der Waals surface area contributed by atoms with E-state index in [1.165, 1.54) is 0 Å². The Morgan fingerprint density at radius 1 is 1.10 bits per heavy atom. The number of methoxy groups -OCH3 is 1. The quantitative estimate of drug-likeness (QED) is 0.758. The second kappa shape index (κ2) is 5.00. The van der Waals surface area contributed by atoms with Crippen molar-refractivity contribution in [3.8, 4) is 28.4 Å². The third kappa shape index (κ3) is 1.97. The van der Waals surface area contributed by atoms with E-state index < -0.39 is 0 Å². The number of nitrogens with zero attached hydrogens (tertiary/aromatic N) is 3. The van der Waals surface area contributed by atoms with E-state index in [4.69, 9.17) is 10.5 Å². The van der Waals surface area contributed by atoms with Crippen LogP contribution in [0.5, 0.6) is 5.75 Å². The molecule has 0 unspecified atom stereocenters. The zero-order valence-corrected chi connectivity index (χ0v) is 10.9. The summed E-state index contributed by atoms with van der Waals surface area (Å²) in [7, 11) is 1.62. The Labute approximate surface area is 115 Å². The third-order valence-corrected chi connectivity index (χ3v) is 2.96. The van der Waals surface area contributed by atoms with Crippen LogP contribution in [0.25, 0.3) is 22.6 Å². The molecule has 1 aromatic carbocycles. The molecule has 0 fully saturated rings. The third-order valence-electron chi connectivity index (χ3n) is 2.96. The van der Waals surface area contributed by atoms with Crippen LogP contribution in [0.2, 0.25) is 0 Å². The number of nitrogen functional groups attached to an aromatic ring is 1. The Morgan fingerprint density at radius 2 is 1.85 bits per heavy atom. The van der Waals surface area contributed by atoms with Gasteiger partial charge in [0.15, 0.2) is 11.6 Å². The number of benzene rings is 1. The maximum absolute atomic E-state index is 5.98. The van der Waals surface area contributed by atoms with E-state index in [9.17, 15) is 0 Å². The number of ether oxygens (including phenoxy) is 1. The first-order valence-corrected chi connectivity index (χ1v) is 6.06. The van der Waals surface area contributed by atoms with Crippen LogP contribution in [0.1, 0.15) is 0 Å².